The van der Waals surface area contributed by atoms with Crippen LogP contribution < -0.4 is 10.1 Å². The molecule has 1 aromatic carbocycles. The molecule has 1 N–H and O–H groups in total. The van der Waals surface area contributed by atoms with E-state index in [0.29, 0.717) is 13.0 Å². The molecule has 0 saturated heterocycles. The Labute approximate surface area is 89.4 Å². The minimum Gasteiger partial charge on any atom is -0.494 e. The number of benzene rings is 1. The van der Waals surface area contributed by atoms with E-state index in [9.17, 15) is 4.79 Å². The fraction of sp³-hybridized carbons (Fsp3) is 0.417. The summed E-state index contributed by atoms with van der Waals surface area (Å²) in [6, 6.07) is 5.84. The van der Waals surface area contributed by atoms with E-state index in [1.165, 1.54) is 5.56 Å². The molecule has 3 heteroatoms. The maximum Gasteiger partial charge on any atom is 0.224 e. The minimum absolute atomic E-state index is 0.109. The van der Waals surface area contributed by atoms with E-state index in [4.69, 9.17) is 4.74 Å². The zero-order chi connectivity index (χ0) is 10.7. The molecule has 0 radical (unpaired) electrons. The van der Waals surface area contributed by atoms with Crippen LogP contribution in [0.15, 0.2) is 18.2 Å². The molecule has 0 atom stereocenters. The molecule has 0 aliphatic carbocycles. The topological polar surface area (TPSA) is 38.3 Å². The summed E-state index contributed by atoms with van der Waals surface area (Å²) in [6.45, 7) is 2.64. The second kappa shape index (κ2) is 4.34. The molecular weight excluding hydrogens is 190 g/mol. The quantitative estimate of drug-likeness (QED) is 0.804. The molecule has 0 unspecified atom stereocenters. The van der Waals surface area contributed by atoms with Crippen molar-refractivity contribution >= 4 is 11.6 Å². The molecule has 0 bridgehead atoms. The third kappa shape index (κ3) is 2.29. The van der Waals surface area contributed by atoms with E-state index in [0.717, 1.165) is 24.3 Å². The van der Waals surface area contributed by atoms with Crippen LogP contribution in [0.5, 0.6) is 5.75 Å². The van der Waals surface area contributed by atoms with Crippen molar-refractivity contribution < 1.29 is 9.53 Å². The van der Waals surface area contributed by atoms with Crippen LogP contribution >= 0.6 is 0 Å². The van der Waals surface area contributed by atoms with E-state index in [-0.39, 0.29) is 5.91 Å². The van der Waals surface area contributed by atoms with Crippen LogP contribution in [-0.2, 0) is 11.2 Å². The summed E-state index contributed by atoms with van der Waals surface area (Å²) in [5.74, 6) is 0.991. The van der Waals surface area contributed by atoms with Gasteiger partial charge in [0.25, 0.3) is 0 Å². The molecule has 0 spiro atoms. The third-order valence-electron chi connectivity index (χ3n) is 2.51. The first-order valence-corrected chi connectivity index (χ1v) is 5.35. The molecule has 3 nitrogen and oxygen atoms in total. The molecule has 80 valence electrons. The van der Waals surface area contributed by atoms with Crippen LogP contribution in [-0.4, -0.2) is 12.5 Å². The highest BCUT2D eigenvalue weighted by Gasteiger charge is 2.12. The Morgan fingerprint density at radius 1 is 1.40 bits per heavy atom. The van der Waals surface area contributed by atoms with Crippen molar-refractivity contribution in [2.24, 2.45) is 0 Å². The summed E-state index contributed by atoms with van der Waals surface area (Å²) in [5, 5.41) is 2.90. The number of hydrogen-bond acceptors (Lipinski definition) is 2. The normalized spacial score (nSPS) is 15.1. The number of aryl methyl sites for hydroxylation is 1. The van der Waals surface area contributed by atoms with Gasteiger partial charge in [0.2, 0.25) is 5.91 Å². The van der Waals surface area contributed by atoms with Crippen LogP contribution in [0.25, 0.3) is 0 Å². The van der Waals surface area contributed by atoms with Crippen molar-refractivity contribution in [3.8, 4) is 5.75 Å². The van der Waals surface area contributed by atoms with Crippen LogP contribution in [0.1, 0.15) is 25.3 Å². The lowest BCUT2D eigenvalue weighted by molar-refractivity contribution is -0.116. The largest absolute Gasteiger partial charge is 0.494 e. The van der Waals surface area contributed by atoms with Crippen LogP contribution in [0.2, 0.25) is 0 Å². The number of nitrogens with one attached hydrogen (secondary N) is 1. The predicted molar refractivity (Wildman–Crippen MR) is 59.2 cm³/mol. The van der Waals surface area contributed by atoms with Gasteiger partial charge in [-0.25, -0.2) is 0 Å². The monoisotopic (exact) mass is 205 g/mol. The van der Waals surface area contributed by atoms with Gasteiger partial charge in [-0.1, -0.05) is 0 Å². The average Bonchev–Trinajstić information content (AvgIpc) is 2.39. The Morgan fingerprint density at radius 2 is 2.27 bits per heavy atom. The molecule has 0 fully saturated rings. The van der Waals surface area contributed by atoms with Crippen molar-refractivity contribution in [3.63, 3.8) is 0 Å². The highest BCUT2D eigenvalue weighted by Crippen LogP contribution is 2.26. The first kappa shape index (κ1) is 10.0. The average molecular weight is 205 g/mol. The number of carbonyl (C=O) groups is 1. The van der Waals surface area contributed by atoms with E-state index < -0.39 is 0 Å². The summed E-state index contributed by atoms with van der Waals surface area (Å²) < 4.78 is 5.43. The van der Waals surface area contributed by atoms with Gasteiger partial charge in [0.05, 0.1) is 6.61 Å². The van der Waals surface area contributed by atoms with Gasteiger partial charge in [0, 0.05) is 12.1 Å². The van der Waals surface area contributed by atoms with Gasteiger partial charge in [-0.2, -0.15) is 0 Å². The van der Waals surface area contributed by atoms with Crippen molar-refractivity contribution in [1.82, 2.24) is 0 Å². The number of carbonyl (C=O) groups excluding carboxylic acids is 1. The van der Waals surface area contributed by atoms with Gasteiger partial charge in [-0.3, -0.25) is 4.79 Å². The Bertz CT molecular complexity index is 374. The number of amides is 1. The Balaban J connectivity index is 2.27. The summed E-state index contributed by atoms with van der Waals surface area (Å²) in [4.78, 5) is 11.3. The fourth-order valence-corrected chi connectivity index (χ4v) is 1.81. The Hall–Kier alpha value is -1.51. The summed E-state index contributed by atoms with van der Waals surface area (Å²) >= 11 is 0. The van der Waals surface area contributed by atoms with E-state index in [1.54, 1.807) is 0 Å². The maximum atomic E-state index is 11.3. The van der Waals surface area contributed by atoms with E-state index in [1.807, 2.05) is 25.1 Å². The smallest absolute Gasteiger partial charge is 0.224 e. The molecule has 1 aliphatic heterocycles. The van der Waals surface area contributed by atoms with Crippen molar-refractivity contribution in [3.05, 3.63) is 23.8 Å². The Morgan fingerprint density at radius 3 is 3.07 bits per heavy atom. The zero-order valence-corrected chi connectivity index (χ0v) is 8.88. The molecule has 0 saturated carbocycles. The van der Waals surface area contributed by atoms with Crippen molar-refractivity contribution in [2.75, 3.05) is 11.9 Å². The van der Waals surface area contributed by atoms with Gasteiger partial charge < -0.3 is 10.1 Å². The SMILES string of the molecule is CCOc1ccc2c(c1)CCCC(=O)N2. The first-order chi connectivity index (χ1) is 7.29. The molecule has 15 heavy (non-hydrogen) atoms. The second-order valence-electron chi connectivity index (χ2n) is 3.65. The number of fused-ring (bicyclic) bond motifs is 1. The highest BCUT2D eigenvalue weighted by atomic mass is 16.5. The lowest BCUT2D eigenvalue weighted by Crippen LogP contribution is -2.09. The highest BCUT2D eigenvalue weighted by molar-refractivity contribution is 5.92. The maximum absolute atomic E-state index is 11.3. The molecular formula is C12H15NO2. The standard InChI is InChI=1S/C12H15NO2/c1-2-15-10-6-7-11-9(8-10)4-3-5-12(14)13-11/h6-8H,2-5H2,1H3,(H,13,14). The fourth-order valence-electron chi connectivity index (χ4n) is 1.81. The molecule has 0 aromatic heterocycles. The number of rotatable bonds is 2. The van der Waals surface area contributed by atoms with E-state index >= 15 is 0 Å². The molecule has 2 rings (SSSR count). The van der Waals surface area contributed by atoms with Gasteiger partial charge in [-0.15, -0.1) is 0 Å². The van der Waals surface area contributed by atoms with Gasteiger partial charge in [-0.05, 0) is 43.5 Å². The van der Waals surface area contributed by atoms with Crippen LogP contribution in [0.4, 0.5) is 5.69 Å². The van der Waals surface area contributed by atoms with Crippen LogP contribution in [0.3, 0.4) is 0 Å². The van der Waals surface area contributed by atoms with Gasteiger partial charge in [0.15, 0.2) is 0 Å². The molecule has 1 aromatic rings. The van der Waals surface area contributed by atoms with Gasteiger partial charge in [0.1, 0.15) is 5.75 Å². The summed E-state index contributed by atoms with van der Waals surface area (Å²) in [6.07, 6.45) is 2.46. The molecule has 1 aliphatic rings. The predicted octanol–water partition coefficient (Wildman–Crippen LogP) is 2.36. The number of ether oxygens (including phenoxy) is 1. The lowest BCUT2D eigenvalue weighted by Gasteiger charge is -2.09. The molecule has 1 heterocycles. The van der Waals surface area contributed by atoms with E-state index in [2.05, 4.69) is 5.32 Å². The van der Waals surface area contributed by atoms with Crippen molar-refractivity contribution in [1.29, 1.82) is 0 Å². The Kier molecular flexibility index (Phi) is 2.90. The van der Waals surface area contributed by atoms with Crippen molar-refractivity contribution in [2.45, 2.75) is 26.2 Å². The number of anilines is 1. The number of hydrogen-bond donors (Lipinski definition) is 1. The lowest BCUT2D eigenvalue weighted by atomic mass is 10.1. The molecule has 1 amide bonds. The summed E-state index contributed by atoms with van der Waals surface area (Å²) in [7, 11) is 0. The first-order valence-electron chi connectivity index (χ1n) is 5.35. The summed E-state index contributed by atoms with van der Waals surface area (Å²) in [5.41, 5.74) is 2.10. The second-order valence-corrected chi connectivity index (χ2v) is 3.65. The van der Waals surface area contributed by atoms with Crippen LogP contribution in [0, 0.1) is 0 Å². The van der Waals surface area contributed by atoms with Gasteiger partial charge >= 0.3 is 0 Å². The minimum atomic E-state index is 0.109. The zero-order valence-electron chi connectivity index (χ0n) is 8.88. The third-order valence-corrected chi connectivity index (χ3v) is 2.51.